The molecule has 0 spiro atoms. The molecule has 0 radical (unpaired) electrons. The smallest absolute Gasteiger partial charge is 0.261 e. The fourth-order valence-corrected chi connectivity index (χ4v) is 4.67. The number of hydrogen-bond acceptors (Lipinski definition) is 4. The summed E-state index contributed by atoms with van der Waals surface area (Å²) in [5.74, 6) is -0.0896. The van der Waals surface area contributed by atoms with E-state index in [-0.39, 0.29) is 22.9 Å². The maximum absolute atomic E-state index is 13.3. The van der Waals surface area contributed by atoms with Crippen LogP contribution >= 0.6 is 0 Å². The van der Waals surface area contributed by atoms with Gasteiger partial charge in [-0.1, -0.05) is 43.7 Å². The first kappa shape index (κ1) is 21.1. The van der Waals surface area contributed by atoms with Gasteiger partial charge < -0.3 is 10.6 Å². The molecule has 0 saturated heterocycles. The van der Waals surface area contributed by atoms with Crippen molar-refractivity contribution < 1.29 is 14.0 Å². The van der Waals surface area contributed by atoms with Crippen LogP contribution < -0.4 is 10.6 Å². The van der Waals surface area contributed by atoms with Crippen LogP contribution in [0.25, 0.3) is 0 Å². The molecule has 2 heterocycles. The minimum absolute atomic E-state index is 0.0952. The first-order valence-electron chi connectivity index (χ1n) is 11.0. The fraction of sp³-hybridized carbons (Fsp3) is 0.269. The average Bonchev–Trinajstić information content (AvgIpc) is 3.17. The summed E-state index contributed by atoms with van der Waals surface area (Å²) in [6.45, 7) is 6.17. The number of fused-ring (bicyclic) bond motifs is 1. The normalized spacial score (nSPS) is 18.9. The second-order valence-corrected chi connectivity index (χ2v) is 9.58. The summed E-state index contributed by atoms with van der Waals surface area (Å²) >= 11 is 0. The SMILES string of the molecule is Cc1ccc(C2C3=C(CC(C)(C)CC3=O)Nc3c(C(=O)Nc4ccc(F)cc4)cnn32)cc1. The topological polar surface area (TPSA) is 76.0 Å². The van der Waals surface area contributed by atoms with Gasteiger partial charge in [0, 0.05) is 23.4 Å². The Morgan fingerprint density at radius 3 is 2.52 bits per heavy atom. The molecule has 0 fully saturated rings. The molecular formula is C26H25FN4O2. The number of nitrogens with zero attached hydrogens (tertiary/aromatic N) is 2. The predicted octanol–water partition coefficient (Wildman–Crippen LogP) is 5.24. The molecule has 1 unspecified atom stereocenters. The molecule has 7 heteroatoms. The van der Waals surface area contributed by atoms with E-state index < -0.39 is 6.04 Å². The molecule has 3 aromatic rings. The van der Waals surface area contributed by atoms with Crippen LogP contribution in [0.2, 0.25) is 0 Å². The molecule has 2 N–H and O–H groups in total. The van der Waals surface area contributed by atoms with E-state index in [1.807, 2.05) is 31.2 Å². The van der Waals surface area contributed by atoms with E-state index >= 15 is 0 Å². The summed E-state index contributed by atoms with van der Waals surface area (Å²) in [6, 6.07) is 13.2. The Kier molecular flexibility index (Phi) is 4.92. The summed E-state index contributed by atoms with van der Waals surface area (Å²) in [5.41, 5.74) is 4.28. The molecule has 0 bridgehead atoms. The Bertz CT molecular complexity index is 1290. The zero-order valence-electron chi connectivity index (χ0n) is 18.8. The summed E-state index contributed by atoms with van der Waals surface area (Å²) < 4.78 is 15.0. The molecule has 1 amide bonds. The third-order valence-electron chi connectivity index (χ3n) is 6.24. The minimum atomic E-state index is -0.409. The Hall–Kier alpha value is -3.74. The highest BCUT2D eigenvalue weighted by Gasteiger charge is 2.42. The molecule has 33 heavy (non-hydrogen) atoms. The Morgan fingerprint density at radius 1 is 1.12 bits per heavy atom. The summed E-state index contributed by atoms with van der Waals surface area (Å²) in [4.78, 5) is 26.4. The van der Waals surface area contributed by atoms with Crippen molar-refractivity contribution in [2.75, 3.05) is 10.6 Å². The minimum Gasteiger partial charge on any atom is -0.343 e. The van der Waals surface area contributed by atoms with Gasteiger partial charge in [-0.25, -0.2) is 9.07 Å². The van der Waals surface area contributed by atoms with Gasteiger partial charge >= 0.3 is 0 Å². The van der Waals surface area contributed by atoms with Crippen molar-refractivity contribution in [1.82, 2.24) is 9.78 Å². The molecule has 1 aliphatic heterocycles. The highest BCUT2D eigenvalue weighted by molar-refractivity contribution is 6.08. The van der Waals surface area contributed by atoms with Crippen LogP contribution in [0, 0.1) is 18.2 Å². The van der Waals surface area contributed by atoms with Crippen molar-refractivity contribution in [3.63, 3.8) is 0 Å². The molecule has 0 saturated carbocycles. The van der Waals surface area contributed by atoms with E-state index in [4.69, 9.17) is 0 Å². The van der Waals surface area contributed by atoms with Gasteiger partial charge in [0.1, 0.15) is 23.2 Å². The number of anilines is 2. The molecule has 2 aromatic carbocycles. The number of benzene rings is 2. The van der Waals surface area contributed by atoms with Crippen LogP contribution in [0.4, 0.5) is 15.9 Å². The van der Waals surface area contributed by atoms with Gasteiger partial charge in [-0.2, -0.15) is 5.10 Å². The van der Waals surface area contributed by atoms with Gasteiger partial charge in [0.05, 0.1) is 6.20 Å². The highest BCUT2D eigenvalue weighted by atomic mass is 19.1. The zero-order valence-corrected chi connectivity index (χ0v) is 18.8. The number of rotatable bonds is 3. The number of nitrogens with one attached hydrogen (secondary N) is 2. The van der Waals surface area contributed by atoms with Crippen molar-refractivity contribution in [2.24, 2.45) is 5.41 Å². The quantitative estimate of drug-likeness (QED) is 0.579. The molecule has 168 valence electrons. The molecule has 1 aliphatic carbocycles. The van der Waals surface area contributed by atoms with E-state index in [9.17, 15) is 14.0 Å². The van der Waals surface area contributed by atoms with Crippen LogP contribution in [-0.2, 0) is 4.79 Å². The van der Waals surface area contributed by atoms with Crippen LogP contribution in [0.5, 0.6) is 0 Å². The van der Waals surface area contributed by atoms with E-state index in [1.54, 1.807) is 4.68 Å². The first-order chi connectivity index (χ1) is 15.7. The number of hydrogen-bond donors (Lipinski definition) is 2. The fourth-order valence-electron chi connectivity index (χ4n) is 4.67. The van der Waals surface area contributed by atoms with Crippen molar-refractivity contribution in [3.05, 3.63) is 88.5 Å². The van der Waals surface area contributed by atoms with Crippen LogP contribution in [0.3, 0.4) is 0 Å². The monoisotopic (exact) mass is 444 g/mol. The van der Waals surface area contributed by atoms with Crippen LogP contribution in [-0.4, -0.2) is 21.5 Å². The van der Waals surface area contributed by atoms with E-state index in [0.29, 0.717) is 35.5 Å². The number of carbonyl (C=O) groups is 2. The highest BCUT2D eigenvalue weighted by Crippen LogP contribution is 2.46. The molecule has 1 atom stereocenters. The number of aryl methyl sites for hydroxylation is 1. The lowest BCUT2D eigenvalue weighted by molar-refractivity contribution is -0.118. The van der Waals surface area contributed by atoms with Crippen molar-refractivity contribution in [3.8, 4) is 0 Å². The maximum atomic E-state index is 13.3. The lowest BCUT2D eigenvalue weighted by Gasteiger charge is -2.39. The van der Waals surface area contributed by atoms with Crippen LogP contribution in [0.15, 0.2) is 66.0 Å². The van der Waals surface area contributed by atoms with E-state index in [1.165, 1.54) is 30.5 Å². The van der Waals surface area contributed by atoms with Gasteiger partial charge in [0.15, 0.2) is 5.78 Å². The van der Waals surface area contributed by atoms with Crippen molar-refractivity contribution in [2.45, 2.75) is 39.7 Å². The van der Waals surface area contributed by atoms with Crippen molar-refractivity contribution in [1.29, 1.82) is 0 Å². The second-order valence-electron chi connectivity index (χ2n) is 9.58. The number of amides is 1. The Morgan fingerprint density at radius 2 is 1.82 bits per heavy atom. The zero-order chi connectivity index (χ0) is 23.3. The lowest BCUT2D eigenvalue weighted by atomic mass is 9.73. The van der Waals surface area contributed by atoms with E-state index in [0.717, 1.165) is 16.8 Å². The number of allylic oxidation sites excluding steroid dienone is 2. The first-order valence-corrected chi connectivity index (χ1v) is 11.0. The van der Waals surface area contributed by atoms with Gasteiger partial charge in [0.25, 0.3) is 5.91 Å². The molecule has 1 aromatic heterocycles. The number of halogens is 1. The lowest BCUT2D eigenvalue weighted by Crippen LogP contribution is -2.37. The van der Waals surface area contributed by atoms with Crippen LogP contribution in [0.1, 0.15) is 54.2 Å². The third kappa shape index (κ3) is 3.84. The third-order valence-corrected chi connectivity index (χ3v) is 6.24. The molecular weight excluding hydrogens is 419 g/mol. The summed E-state index contributed by atoms with van der Waals surface area (Å²) in [5, 5.41) is 10.7. The summed E-state index contributed by atoms with van der Waals surface area (Å²) in [6.07, 6.45) is 2.67. The van der Waals surface area contributed by atoms with Gasteiger partial charge in [-0.15, -0.1) is 0 Å². The molecule has 6 nitrogen and oxygen atoms in total. The standard InChI is InChI=1S/C26H25FN4O2/c1-15-4-6-16(7-5-15)23-22-20(12-26(2,3)13-21(22)32)30-24-19(14-28-31(23)24)25(33)29-18-10-8-17(27)9-11-18/h4-11,14,23,30H,12-13H2,1-3H3,(H,29,33). The number of ketones is 1. The number of carbonyl (C=O) groups excluding carboxylic acids is 2. The van der Waals surface area contributed by atoms with E-state index in [2.05, 4.69) is 29.6 Å². The largest absolute Gasteiger partial charge is 0.343 e. The number of aromatic nitrogens is 2. The van der Waals surface area contributed by atoms with Gasteiger partial charge in [0.2, 0.25) is 0 Å². The molecule has 2 aliphatic rings. The van der Waals surface area contributed by atoms with Crippen molar-refractivity contribution >= 4 is 23.2 Å². The number of Topliss-reactive ketones (excluding diaryl/α,β-unsaturated/α-hetero) is 1. The Labute approximate surface area is 191 Å². The second kappa shape index (κ2) is 7.69. The van der Waals surface area contributed by atoms with Gasteiger partial charge in [-0.05, 0) is 48.6 Å². The maximum Gasteiger partial charge on any atom is 0.261 e. The predicted molar refractivity (Wildman–Crippen MR) is 125 cm³/mol. The Balaban J connectivity index is 1.58. The average molecular weight is 445 g/mol. The molecule has 5 rings (SSSR count). The van der Waals surface area contributed by atoms with Gasteiger partial charge in [-0.3, -0.25) is 9.59 Å². The summed E-state index contributed by atoms with van der Waals surface area (Å²) in [7, 11) is 0.